The van der Waals surface area contributed by atoms with E-state index in [2.05, 4.69) is 10.3 Å². The number of rotatable bonds is 5. The Kier molecular flexibility index (Phi) is 5.23. The molecule has 8 heteroatoms. The average molecular weight is 444 g/mol. The summed E-state index contributed by atoms with van der Waals surface area (Å²) >= 11 is 3.09. The summed E-state index contributed by atoms with van der Waals surface area (Å²) in [6, 6.07) is 2.01. The number of aliphatic imine (C=N–C) groups is 1. The quantitative estimate of drug-likeness (QED) is 0.691. The first-order valence-electron chi connectivity index (χ1n) is 10.4. The van der Waals surface area contributed by atoms with Crippen molar-refractivity contribution < 1.29 is 14.3 Å². The van der Waals surface area contributed by atoms with Gasteiger partial charge in [-0.2, -0.15) is 11.3 Å². The number of hydrogen-bond acceptors (Lipinski definition) is 7. The molecule has 0 aromatic carbocycles. The third kappa shape index (κ3) is 3.39. The smallest absolute Gasteiger partial charge is 0.338 e. The van der Waals surface area contributed by atoms with Crippen molar-refractivity contribution in [2.24, 2.45) is 16.8 Å². The highest BCUT2D eigenvalue weighted by Gasteiger charge is 2.43. The highest BCUT2D eigenvalue weighted by molar-refractivity contribution is 8.16. The Morgan fingerprint density at radius 1 is 1.33 bits per heavy atom. The molecule has 2 fully saturated rings. The van der Waals surface area contributed by atoms with Gasteiger partial charge >= 0.3 is 5.97 Å². The number of amidine groups is 1. The van der Waals surface area contributed by atoms with Gasteiger partial charge in [-0.25, -0.2) is 9.79 Å². The van der Waals surface area contributed by atoms with Gasteiger partial charge in [0.15, 0.2) is 5.17 Å². The van der Waals surface area contributed by atoms with Crippen LogP contribution in [0, 0.1) is 11.8 Å². The average Bonchev–Trinajstić information content (AvgIpc) is 3.51. The van der Waals surface area contributed by atoms with Crippen molar-refractivity contribution in [1.82, 2.24) is 10.2 Å². The second-order valence-electron chi connectivity index (χ2n) is 8.47. The monoisotopic (exact) mass is 443 g/mol. The largest absolute Gasteiger partial charge is 0.466 e. The van der Waals surface area contributed by atoms with E-state index < -0.39 is 0 Å². The van der Waals surface area contributed by atoms with E-state index in [1.165, 1.54) is 38.1 Å². The summed E-state index contributed by atoms with van der Waals surface area (Å²) in [5.41, 5.74) is 3.08. The van der Waals surface area contributed by atoms with Crippen molar-refractivity contribution >= 4 is 40.1 Å². The predicted octanol–water partition coefficient (Wildman–Crippen LogP) is 4.19. The van der Waals surface area contributed by atoms with E-state index in [9.17, 15) is 9.59 Å². The van der Waals surface area contributed by atoms with Gasteiger partial charge in [-0.3, -0.25) is 4.79 Å². The Morgan fingerprint density at radius 3 is 2.87 bits per heavy atom. The van der Waals surface area contributed by atoms with E-state index in [0.29, 0.717) is 23.2 Å². The lowest BCUT2D eigenvalue weighted by molar-refractivity contribution is -0.136. The molecule has 1 aromatic heterocycles. The summed E-state index contributed by atoms with van der Waals surface area (Å²) in [5.74, 6) is 1.11. The molecule has 30 heavy (non-hydrogen) atoms. The van der Waals surface area contributed by atoms with Crippen LogP contribution >= 0.6 is 23.1 Å². The standard InChI is InChI=1S/C22H25N3O3S2/c1-12-19(21(27)28-2)20(15-5-6-29-10-15)25-16(11-30-22(25)23-12)9-18(26)24-17-8-13-3-4-14(17)7-13/h5-6,10-11,13-14,17,20H,3-4,7-9H2,1-2H3,(H,24,26)/t13-,14-,17+,20+/m0/s1. The molecule has 4 atom stereocenters. The molecule has 0 unspecified atom stereocenters. The Bertz CT molecular complexity index is 966. The molecule has 5 rings (SSSR count). The van der Waals surface area contributed by atoms with Crippen molar-refractivity contribution in [3.8, 4) is 0 Å². The van der Waals surface area contributed by atoms with Crippen LogP contribution in [0.1, 0.15) is 50.6 Å². The molecular weight excluding hydrogens is 418 g/mol. The number of thioether (sulfide) groups is 1. The summed E-state index contributed by atoms with van der Waals surface area (Å²) in [6.07, 6.45) is 5.22. The second kappa shape index (κ2) is 7.89. The molecule has 0 radical (unpaired) electrons. The van der Waals surface area contributed by atoms with Crippen LogP contribution in [0.3, 0.4) is 0 Å². The van der Waals surface area contributed by atoms with E-state index in [0.717, 1.165) is 28.8 Å². The van der Waals surface area contributed by atoms with Gasteiger partial charge in [0.25, 0.3) is 0 Å². The van der Waals surface area contributed by atoms with E-state index in [1.54, 1.807) is 11.3 Å². The van der Waals surface area contributed by atoms with Crippen molar-refractivity contribution in [2.45, 2.75) is 51.1 Å². The van der Waals surface area contributed by atoms with E-state index in [-0.39, 0.29) is 24.3 Å². The molecule has 2 aliphatic heterocycles. The zero-order valence-corrected chi connectivity index (χ0v) is 18.7. The van der Waals surface area contributed by atoms with E-state index in [1.807, 2.05) is 34.1 Å². The van der Waals surface area contributed by atoms with Crippen LogP contribution in [0.4, 0.5) is 0 Å². The van der Waals surface area contributed by atoms with Crippen molar-refractivity contribution in [3.63, 3.8) is 0 Å². The Labute approximate surface area is 184 Å². The van der Waals surface area contributed by atoms with Gasteiger partial charge in [0.2, 0.25) is 5.91 Å². The van der Waals surface area contributed by atoms with Crippen LogP contribution in [0.25, 0.3) is 0 Å². The maximum Gasteiger partial charge on any atom is 0.338 e. The molecule has 2 bridgehead atoms. The van der Waals surface area contributed by atoms with Gasteiger partial charge in [-0.15, -0.1) is 0 Å². The fourth-order valence-electron chi connectivity index (χ4n) is 5.33. The first kappa shape index (κ1) is 19.9. The Morgan fingerprint density at radius 2 is 2.20 bits per heavy atom. The van der Waals surface area contributed by atoms with Crippen molar-refractivity contribution in [1.29, 1.82) is 0 Å². The molecule has 6 nitrogen and oxygen atoms in total. The number of allylic oxidation sites excluding steroid dienone is 1. The number of esters is 1. The fraction of sp³-hybridized carbons (Fsp3) is 0.500. The Balaban J connectivity index is 1.38. The molecule has 3 heterocycles. The van der Waals surface area contributed by atoms with Gasteiger partial charge in [0.1, 0.15) is 0 Å². The van der Waals surface area contributed by atoms with Crippen LogP contribution in [0.2, 0.25) is 0 Å². The minimum absolute atomic E-state index is 0.0515. The third-order valence-electron chi connectivity index (χ3n) is 6.69. The van der Waals surface area contributed by atoms with Crippen LogP contribution in [-0.4, -0.2) is 35.1 Å². The lowest BCUT2D eigenvalue weighted by Crippen LogP contribution is -2.41. The van der Waals surface area contributed by atoms with E-state index >= 15 is 0 Å². The van der Waals surface area contributed by atoms with Crippen LogP contribution < -0.4 is 5.32 Å². The maximum absolute atomic E-state index is 12.9. The number of carbonyl (C=O) groups excluding carboxylic acids is 2. The first-order valence-corrected chi connectivity index (χ1v) is 12.2. The number of nitrogens with one attached hydrogen (secondary N) is 1. The molecule has 0 saturated heterocycles. The highest BCUT2D eigenvalue weighted by atomic mass is 32.2. The minimum atomic E-state index is -0.380. The number of methoxy groups -OCH3 is 1. The van der Waals surface area contributed by atoms with Gasteiger partial charge < -0.3 is 15.0 Å². The summed E-state index contributed by atoms with van der Waals surface area (Å²) in [4.78, 5) is 32.2. The number of thiophene rings is 1. The van der Waals surface area contributed by atoms with Crippen molar-refractivity contribution in [3.05, 3.63) is 44.8 Å². The summed E-state index contributed by atoms with van der Waals surface area (Å²) in [6.45, 7) is 1.84. The molecule has 0 spiro atoms. The Hall–Kier alpha value is -2.06. The zero-order valence-electron chi connectivity index (χ0n) is 17.1. The summed E-state index contributed by atoms with van der Waals surface area (Å²) in [5, 5.41) is 10.1. The lowest BCUT2D eigenvalue weighted by Gasteiger charge is -2.35. The van der Waals surface area contributed by atoms with Gasteiger partial charge in [0.05, 0.1) is 30.8 Å². The van der Waals surface area contributed by atoms with E-state index in [4.69, 9.17) is 4.74 Å². The van der Waals surface area contributed by atoms with Crippen molar-refractivity contribution in [2.75, 3.05) is 7.11 Å². The normalized spacial score (nSPS) is 29.6. The summed E-state index contributed by atoms with van der Waals surface area (Å²) < 4.78 is 5.08. The molecule has 1 aromatic rings. The lowest BCUT2D eigenvalue weighted by atomic mass is 9.95. The number of carbonyl (C=O) groups is 2. The van der Waals surface area contributed by atoms with Gasteiger partial charge in [0, 0.05) is 11.7 Å². The number of hydrogen-bond donors (Lipinski definition) is 1. The highest BCUT2D eigenvalue weighted by Crippen LogP contribution is 2.46. The molecule has 4 aliphatic rings. The first-order chi connectivity index (χ1) is 14.5. The molecular formula is C22H25N3O3S2. The minimum Gasteiger partial charge on any atom is -0.466 e. The SMILES string of the molecule is COC(=O)C1=C(C)N=C2SC=C(CC(=O)N[C@@H]3C[C@H]4CC[C@H]3C4)N2[C@@H]1c1ccsc1. The fourth-order valence-corrected chi connectivity index (χ4v) is 6.97. The number of fused-ring (bicyclic) bond motifs is 3. The third-order valence-corrected chi connectivity index (χ3v) is 8.28. The molecule has 2 aliphatic carbocycles. The van der Waals surface area contributed by atoms with Crippen LogP contribution in [0.5, 0.6) is 0 Å². The molecule has 1 N–H and O–H groups in total. The van der Waals surface area contributed by atoms with Gasteiger partial charge in [-0.05, 0) is 65.8 Å². The molecule has 2 saturated carbocycles. The maximum atomic E-state index is 12.9. The van der Waals surface area contributed by atoms with Gasteiger partial charge in [-0.1, -0.05) is 18.2 Å². The molecule has 1 amide bonds. The van der Waals surface area contributed by atoms with Crippen LogP contribution in [0.15, 0.2) is 44.2 Å². The predicted molar refractivity (Wildman–Crippen MR) is 119 cm³/mol. The topological polar surface area (TPSA) is 71.0 Å². The zero-order chi connectivity index (χ0) is 20.8. The number of amides is 1. The summed E-state index contributed by atoms with van der Waals surface area (Å²) in [7, 11) is 1.39. The van der Waals surface area contributed by atoms with Crippen LogP contribution in [-0.2, 0) is 14.3 Å². The number of ether oxygens (including phenoxy) is 1. The molecule has 158 valence electrons. The second-order valence-corrected chi connectivity index (χ2v) is 10.1. The number of nitrogens with zero attached hydrogens (tertiary/aromatic N) is 2.